The minimum Gasteiger partial charge on any atom is -0.493 e. The van der Waals surface area contributed by atoms with Crippen molar-refractivity contribution in [2.24, 2.45) is 5.92 Å². The predicted molar refractivity (Wildman–Crippen MR) is 131 cm³/mol. The monoisotopic (exact) mass is 455 g/mol. The first kappa shape index (κ1) is 23.6. The molecule has 33 heavy (non-hydrogen) atoms. The quantitative estimate of drug-likeness (QED) is 0.425. The van der Waals surface area contributed by atoms with Crippen LogP contribution in [0.25, 0.3) is 10.9 Å². The molecule has 2 fully saturated rings. The summed E-state index contributed by atoms with van der Waals surface area (Å²) in [6.07, 6.45) is 9.86. The fourth-order valence-electron chi connectivity index (χ4n) is 5.17. The minimum absolute atomic E-state index is 0.250. The summed E-state index contributed by atoms with van der Waals surface area (Å²) >= 11 is 0. The molecule has 7 heteroatoms. The van der Waals surface area contributed by atoms with Gasteiger partial charge in [0, 0.05) is 24.0 Å². The highest BCUT2D eigenvalue weighted by atomic mass is 16.5. The van der Waals surface area contributed by atoms with Crippen molar-refractivity contribution in [3.8, 4) is 11.5 Å². The molecule has 1 atom stereocenters. The standard InChI is InChI=1S/C25H35N3O2.CH2O2/c1-17(18-9-10-18)26-25-20-8-5-7-19(20)21-15-23(29-2)24(16-22(21)27-25)30-14-6-13-28-11-3-4-12-28;2-1-3/h15-18H,3-14H2,1-2H3,(H,26,27);1H,(H,2,3). The highest BCUT2D eigenvalue weighted by Gasteiger charge is 2.30. The molecule has 2 aromatic rings. The third-order valence-corrected chi connectivity index (χ3v) is 7.11. The summed E-state index contributed by atoms with van der Waals surface area (Å²) in [6, 6.07) is 4.74. The zero-order valence-corrected chi connectivity index (χ0v) is 19.9. The SMILES string of the molecule is COc1cc2c3c(c(NC(C)C4CC4)nc2cc1OCCCN1CCCC1)CCC3.O=CO. The molecule has 0 amide bonds. The number of hydrogen-bond acceptors (Lipinski definition) is 6. The second-order valence-electron chi connectivity index (χ2n) is 9.42. The molecule has 1 saturated heterocycles. The third-order valence-electron chi connectivity index (χ3n) is 7.11. The molecule has 1 aromatic carbocycles. The number of pyridine rings is 1. The maximum absolute atomic E-state index is 8.36. The van der Waals surface area contributed by atoms with Crippen LogP contribution in [0.5, 0.6) is 11.5 Å². The molecule has 2 aliphatic carbocycles. The summed E-state index contributed by atoms with van der Waals surface area (Å²) in [4.78, 5) is 16.0. The van der Waals surface area contributed by atoms with Gasteiger partial charge in [-0.25, -0.2) is 4.98 Å². The van der Waals surface area contributed by atoms with E-state index in [-0.39, 0.29) is 6.47 Å². The molecule has 0 spiro atoms. The Morgan fingerprint density at radius 2 is 1.91 bits per heavy atom. The molecule has 0 radical (unpaired) electrons. The van der Waals surface area contributed by atoms with Gasteiger partial charge in [-0.2, -0.15) is 0 Å². The molecule has 1 saturated carbocycles. The second-order valence-corrected chi connectivity index (χ2v) is 9.42. The van der Waals surface area contributed by atoms with E-state index in [9.17, 15) is 0 Å². The highest BCUT2D eigenvalue weighted by molar-refractivity contribution is 5.89. The molecular formula is C26H37N3O4. The zero-order valence-electron chi connectivity index (χ0n) is 19.9. The number of benzene rings is 1. The predicted octanol–water partition coefficient (Wildman–Crippen LogP) is 4.51. The molecule has 3 aliphatic rings. The van der Waals surface area contributed by atoms with Crippen LogP contribution in [0, 0.1) is 5.92 Å². The van der Waals surface area contributed by atoms with E-state index in [4.69, 9.17) is 24.4 Å². The van der Waals surface area contributed by atoms with E-state index in [0.29, 0.717) is 12.6 Å². The van der Waals surface area contributed by atoms with Crippen LogP contribution in [0.15, 0.2) is 12.1 Å². The fourth-order valence-corrected chi connectivity index (χ4v) is 5.17. The van der Waals surface area contributed by atoms with Crippen LogP contribution >= 0.6 is 0 Å². The van der Waals surface area contributed by atoms with E-state index in [1.807, 2.05) is 0 Å². The van der Waals surface area contributed by atoms with Crippen molar-refractivity contribution in [3.63, 3.8) is 0 Å². The van der Waals surface area contributed by atoms with Gasteiger partial charge in [-0.15, -0.1) is 0 Å². The van der Waals surface area contributed by atoms with E-state index in [2.05, 4.69) is 29.3 Å². The van der Waals surface area contributed by atoms with Gasteiger partial charge in [0.15, 0.2) is 11.5 Å². The molecule has 0 bridgehead atoms. The number of carbonyl (C=O) groups is 1. The van der Waals surface area contributed by atoms with Crippen LogP contribution < -0.4 is 14.8 Å². The summed E-state index contributed by atoms with van der Waals surface area (Å²) in [6.45, 7) is 6.36. The number of hydrogen-bond donors (Lipinski definition) is 2. The Hall–Kier alpha value is -2.54. The largest absolute Gasteiger partial charge is 0.493 e. The van der Waals surface area contributed by atoms with E-state index in [0.717, 1.165) is 54.6 Å². The number of anilines is 1. The number of nitrogens with one attached hydrogen (secondary N) is 1. The van der Waals surface area contributed by atoms with Gasteiger partial charge in [0.05, 0.1) is 19.2 Å². The van der Waals surface area contributed by atoms with E-state index in [1.165, 1.54) is 61.7 Å². The minimum atomic E-state index is -0.250. The lowest BCUT2D eigenvalue weighted by Crippen LogP contribution is -2.22. The van der Waals surface area contributed by atoms with Gasteiger partial charge >= 0.3 is 0 Å². The lowest BCUT2D eigenvalue weighted by atomic mass is 10.0. The molecule has 180 valence electrons. The molecule has 1 aliphatic heterocycles. The molecule has 2 N–H and O–H groups in total. The normalized spacial score (nSPS) is 18.4. The Morgan fingerprint density at radius 1 is 1.18 bits per heavy atom. The van der Waals surface area contributed by atoms with Crippen LogP contribution in [-0.4, -0.2) is 60.9 Å². The maximum Gasteiger partial charge on any atom is 0.290 e. The Labute approximate surface area is 196 Å². The van der Waals surface area contributed by atoms with Crippen molar-refractivity contribution < 1.29 is 19.4 Å². The lowest BCUT2D eigenvalue weighted by molar-refractivity contribution is -0.122. The number of likely N-dealkylation sites (tertiary alicyclic amines) is 1. The Balaban J connectivity index is 0.000000821. The smallest absolute Gasteiger partial charge is 0.290 e. The summed E-state index contributed by atoms with van der Waals surface area (Å²) in [7, 11) is 1.74. The van der Waals surface area contributed by atoms with Crippen molar-refractivity contribution in [1.29, 1.82) is 0 Å². The molecule has 1 unspecified atom stereocenters. The van der Waals surface area contributed by atoms with Gasteiger partial charge < -0.3 is 24.8 Å². The number of aromatic nitrogens is 1. The number of fused-ring (bicyclic) bond motifs is 3. The van der Waals surface area contributed by atoms with Gasteiger partial charge in [0.2, 0.25) is 0 Å². The number of aryl methyl sites for hydroxylation is 1. The molecule has 7 nitrogen and oxygen atoms in total. The molecule has 1 aromatic heterocycles. The van der Waals surface area contributed by atoms with Crippen molar-refractivity contribution in [3.05, 3.63) is 23.3 Å². The second kappa shape index (κ2) is 11.1. The van der Waals surface area contributed by atoms with Crippen LogP contribution in [0.2, 0.25) is 0 Å². The number of carboxylic acid groups (broad SMARTS) is 1. The van der Waals surface area contributed by atoms with E-state index >= 15 is 0 Å². The summed E-state index contributed by atoms with van der Waals surface area (Å²) in [5.74, 6) is 3.55. The first-order valence-electron chi connectivity index (χ1n) is 12.4. The zero-order chi connectivity index (χ0) is 23.2. The van der Waals surface area contributed by atoms with Gasteiger partial charge in [0.25, 0.3) is 6.47 Å². The van der Waals surface area contributed by atoms with Crippen LogP contribution in [-0.2, 0) is 17.6 Å². The van der Waals surface area contributed by atoms with Crippen molar-refractivity contribution in [2.75, 3.05) is 38.7 Å². The van der Waals surface area contributed by atoms with Crippen LogP contribution in [0.4, 0.5) is 5.82 Å². The fraction of sp³-hybridized carbons (Fsp3) is 0.615. The van der Waals surface area contributed by atoms with Gasteiger partial charge in [-0.1, -0.05) is 0 Å². The van der Waals surface area contributed by atoms with Crippen LogP contribution in [0.3, 0.4) is 0 Å². The lowest BCUT2D eigenvalue weighted by Gasteiger charge is -2.19. The van der Waals surface area contributed by atoms with Crippen LogP contribution in [0.1, 0.15) is 56.6 Å². The summed E-state index contributed by atoms with van der Waals surface area (Å²) in [5.41, 5.74) is 3.89. The third kappa shape index (κ3) is 5.69. The topological polar surface area (TPSA) is 83.9 Å². The number of ether oxygens (including phenoxy) is 2. The molecular weight excluding hydrogens is 418 g/mol. The Bertz CT molecular complexity index is 954. The Kier molecular flexibility index (Phi) is 7.91. The summed E-state index contributed by atoms with van der Waals surface area (Å²) < 4.78 is 11.9. The summed E-state index contributed by atoms with van der Waals surface area (Å²) in [5, 5.41) is 11.9. The van der Waals surface area contributed by atoms with Crippen molar-refractivity contribution in [1.82, 2.24) is 9.88 Å². The van der Waals surface area contributed by atoms with Gasteiger partial charge in [0.1, 0.15) is 5.82 Å². The first-order chi connectivity index (χ1) is 16.1. The van der Waals surface area contributed by atoms with Crippen molar-refractivity contribution >= 4 is 23.2 Å². The van der Waals surface area contributed by atoms with E-state index < -0.39 is 0 Å². The highest BCUT2D eigenvalue weighted by Crippen LogP contribution is 2.40. The van der Waals surface area contributed by atoms with E-state index in [1.54, 1.807) is 7.11 Å². The van der Waals surface area contributed by atoms with Gasteiger partial charge in [-0.05, 0) is 94.5 Å². The average molecular weight is 456 g/mol. The Morgan fingerprint density at radius 3 is 2.61 bits per heavy atom. The number of methoxy groups -OCH3 is 1. The maximum atomic E-state index is 8.36. The number of rotatable bonds is 9. The molecule has 2 heterocycles. The van der Waals surface area contributed by atoms with Gasteiger partial charge in [-0.3, -0.25) is 4.79 Å². The van der Waals surface area contributed by atoms with Crippen molar-refractivity contribution in [2.45, 2.75) is 64.3 Å². The molecule has 5 rings (SSSR count). The first-order valence-corrected chi connectivity index (χ1v) is 12.4. The average Bonchev–Trinajstić information content (AvgIpc) is 3.31. The number of nitrogens with zero attached hydrogens (tertiary/aromatic N) is 2.